The molecule has 1 aromatic carbocycles. The Morgan fingerprint density at radius 1 is 0.806 bits per heavy atom. The zero-order valence-corrected chi connectivity index (χ0v) is 20.8. The maximum atomic E-state index is 13.1. The van der Waals surface area contributed by atoms with Crippen LogP contribution >= 0.6 is 0 Å². The van der Waals surface area contributed by atoms with Crippen LogP contribution in [0.1, 0.15) is 32.8 Å². The number of nitrogens with one attached hydrogen (secondary N) is 5. The van der Waals surface area contributed by atoms with Crippen molar-refractivity contribution in [2.45, 2.75) is 51.7 Å². The Balaban J connectivity index is 2.93. The van der Waals surface area contributed by atoms with Gasteiger partial charge >= 0.3 is 0 Å². The maximum Gasteiger partial charge on any atom is 0.243 e. The molecule has 5 amide bonds. The average Bonchev–Trinajstić information content (AvgIpc) is 2.85. The number of carbonyl (C=O) groups excluding carboxylic acids is 6. The summed E-state index contributed by atoms with van der Waals surface area (Å²) in [6.45, 7) is 4.23. The minimum Gasteiger partial charge on any atom is -0.346 e. The van der Waals surface area contributed by atoms with E-state index in [1.165, 1.54) is 6.92 Å². The van der Waals surface area contributed by atoms with Crippen LogP contribution in [0.15, 0.2) is 30.3 Å². The van der Waals surface area contributed by atoms with Crippen LogP contribution in [0.25, 0.3) is 0 Å². The minimum atomic E-state index is -1.04. The maximum absolute atomic E-state index is 13.1. The van der Waals surface area contributed by atoms with Gasteiger partial charge in [0.15, 0.2) is 0 Å². The van der Waals surface area contributed by atoms with Gasteiger partial charge in [-0.1, -0.05) is 44.2 Å². The molecule has 0 spiro atoms. The molecule has 1 aromatic rings. The first kappa shape index (κ1) is 30.2. The van der Waals surface area contributed by atoms with E-state index in [0.717, 1.165) is 5.56 Å². The van der Waals surface area contributed by atoms with Gasteiger partial charge in [0.25, 0.3) is 0 Å². The first-order valence-electron chi connectivity index (χ1n) is 11.7. The lowest BCUT2D eigenvalue weighted by molar-refractivity contribution is -0.133. The fraction of sp³-hybridized carbons (Fsp3) is 0.500. The molecule has 0 bridgehead atoms. The molecule has 0 heterocycles. The van der Waals surface area contributed by atoms with Gasteiger partial charge < -0.3 is 37.1 Å². The van der Waals surface area contributed by atoms with Crippen molar-refractivity contribution < 1.29 is 28.8 Å². The molecule has 7 N–H and O–H groups in total. The van der Waals surface area contributed by atoms with E-state index in [1.54, 1.807) is 24.3 Å². The standard InChI is InChI=1S/C24H36N6O6/c1-15(2)9-18(29-22(34)12-26-20(32)11-25)24(36)30-19(10-17-7-5-4-6-8-17)23(35)27-13-21(33)28-16(3)14-31/h4-8,14-16,18-19H,9-13,25H2,1-3H3,(H,26,32)(H,27,35)(H,28,33)(H,29,34)(H,30,36)/t16-,18-,19-/m0/s1. The molecule has 0 aliphatic heterocycles. The molecular weight excluding hydrogens is 468 g/mol. The fourth-order valence-electron chi connectivity index (χ4n) is 3.16. The van der Waals surface area contributed by atoms with Gasteiger partial charge in [0, 0.05) is 6.42 Å². The van der Waals surface area contributed by atoms with Crippen molar-refractivity contribution in [3.05, 3.63) is 35.9 Å². The topological polar surface area (TPSA) is 189 Å². The third-order valence-corrected chi connectivity index (χ3v) is 4.92. The van der Waals surface area contributed by atoms with Gasteiger partial charge in [-0.2, -0.15) is 0 Å². The molecule has 1 rings (SSSR count). The number of hydrogen-bond acceptors (Lipinski definition) is 7. The van der Waals surface area contributed by atoms with Crippen LogP contribution in [0.2, 0.25) is 0 Å². The number of rotatable bonds is 15. The van der Waals surface area contributed by atoms with Crippen molar-refractivity contribution in [2.24, 2.45) is 11.7 Å². The Kier molecular flexibility index (Phi) is 13.4. The predicted molar refractivity (Wildman–Crippen MR) is 132 cm³/mol. The van der Waals surface area contributed by atoms with Gasteiger partial charge in [-0.3, -0.25) is 24.0 Å². The number of hydrogen-bond donors (Lipinski definition) is 6. The number of aldehydes is 1. The normalized spacial score (nSPS) is 13.0. The summed E-state index contributed by atoms with van der Waals surface area (Å²) in [5, 5.41) is 12.5. The van der Waals surface area contributed by atoms with E-state index in [4.69, 9.17) is 5.73 Å². The van der Waals surface area contributed by atoms with Crippen molar-refractivity contribution in [2.75, 3.05) is 19.6 Å². The summed E-state index contributed by atoms with van der Waals surface area (Å²) in [4.78, 5) is 72.2. The molecule has 0 radical (unpaired) electrons. The average molecular weight is 505 g/mol. The van der Waals surface area contributed by atoms with Gasteiger partial charge in [0.05, 0.1) is 25.7 Å². The molecule has 0 aliphatic rings. The highest BCUT2D eigenvalue weighted by Gasteiger charge is 2.28. The van der Waals surface area contributed by atoms with E-state index in [-0.39, 0.29) is 38.4 Å². The van der Waals surface area contributed by atoms with Gasteiger partial charge in [0.1, 0.15) is 18.4 Å². The summed E-state index contributed by atoms with van der Waals surface area (Å²) < 4.78 is 0. The smallest absolute Gasteiger partial charge is 0.243 e. The summed E-state index contributed by atoms with van der Waals surface area (Å²) in [5.41, 5.74) is 5.98. The third-order valence-electron chi connectivity index (χ3n) is 4.92. The van der Waals surface area contributed by atoms with Gasteiger partial charge in [-0.05, 0) is 24.8 Å². The summed E-state index contributed by atoms with van der Waals surface area (Å²) in [6, 6.07) is 6.26. The van der Waals surface area contributed by atoms with Crippen LogP contribution in [0.3, 0.4) is 0 Å². The number of amides is 5. The third kappa shape index (κ3) is 12.1. The van der Waals surface area contributed by atoms with Gasteiger partial charge in [-0.15, -0.1) is 0 Å². The molecule has 0 fully saturated rings. The summed E-state index contributed by atoms with van der Waals surface area (Å²) in [5.74, 6) is -2.81. The van der Waals surface area contributed by atoms with Crippen LogP contribution in [-0.4, -0.2) is 73.6 Å². The van der Waals surface area contributed by atoms with E-state index in [9.17, 15) is 28.8 Å². The van der Waals surface area contributed by atoms with E-state index in [0.29, 0.717) is 6.29 Å². The number of carbonyl (C=O) groups is 6. The van der Waals surface area contributed by atoms with Crippen molar-refractivity contribution in [1.29, 1.82) is 0 Å². The minimum absolute atomic E-state index is 0.0320. The summed E-state index contributed by atoms with van der Waals surface area (Å²) in [7, 11) is 0. The Morgan fingerprint density at radius 3 is 2.00 bits per heavy atom. The van der Waals surface area contributed by atoms with E-state index >= 15 is 0 Å². The molecule has 0 unspecified atom stereocenters. The Hall–Kier alpha value is -3.80. The van der Waals surface area contributed by atoms with E-state index < -0.39 is 47.7 Å². The van der Waals surface area contributed by atoms with Crippen molar-refractivity contribution in [3.63, 3.8) is 0 Å². The first-order valence-corrected chi connectivity index (χ1v) is 11.7. The largest absolute Gasteiger partial charge is 0.346 e. The zero-order chi connectivity index (χ0) is 27.1. The van der Waals surface area contributed by atoms with Crippen LogP contribution < -0.4 is 32.3 Å². The molecule has 0 aromatic heterocycles. The molecule has 0 aliphatic carbocycles. The van der Waals surface area contributed by atoms with Crippen molar-refractivity contribution >= 4 is 35.8 Å². The lowest BCUT2D eigenvalue weighted by Gasteiger charge is -2.24. The lowest BCUT2D eigenvalue weighted by atomic mass is 10.0. The van der Waals surface area contributed by atoms with Crippen molar-refractivity contribution in [3.8, 4) is 0 Å². The number of nitrogens with two attached hydrogens (primary N) is 1. The van der Waals surface area contributed by atoms with Gasteiger partial charge in [-0.25, -0.2) is 0 Å². The summed E-state index contributed by atoms with van der Waals surface area (Å²) in [6.07, 6.45) is 0.983. The second kappa shape index (κ2) is 16.0. The predicted octanol–water partition coefficient (Wildman–Crippen LogP) is -1.86. The van der Waals surface area contributed by atoms with Crippen LogP contribution in [0.5, 0.6) is 0 Å². The summed E-state index contributed by atoms with van der Waals surface area (Å²) >= 11 is 0. The van der Waals surface area contributed by atoms with E-state index in [2.05, 4.69) is 26.6 Å². The second-order valence-corrected chi connectivity index (χ2v) is 8.69. The number of benzene rings is 1. The fourth-order valence-corrected chi connectivity index (χ4v) is 3.16. The SMILES string of the molecule is CC(C)C[C@H](NC(=O)CNC(=O)CN)C(=O)N[C@@H](Cc1ccccc1)C(=O)NCC(=O)N[C@@H](C)C=O. The quantitative estimate of drug-likeness (QED) is 0.151. The molecule has 3 atom stereocenters. The monoisotopic (exact) mass is 504 g/mol. The molecule has 12 nitrogen and oxygen atoms in total. The second-order valence-electron chi connectivity index (χ2n) is 8.69. The highest BCUT2D eigenvalue weighted by molar-refractivity contribution is 5.94. The van der Waals surface area contributed by atoms with Crippen molar-refractivity contribution in [1.82, 2.24) is 26.6 Å². The first-order chi connectivity index (χ1) is 17.0. The zero-order valence-electron chi connectivity index (χ0n) is 20.8. The Labute approximate surface area is 210 Å². The van der Waals surface area contributed by atoms with Crippen LogP contribution in [-0.2, 0) is 35.2 Å². The molecule has 0 saturated heterocycles. The van der Waals surface area contributed by atoms with E-state index in [1.807, 2.05) is 19.9 Å². The lowest BCUT2D eigenvalue weighted by Crippen LogP contribution is -2.56. The highest BCUT2D eigenvalue weighted by Crippen LogP contribution is 2.08. The van der Waals surface area contributed by atoms with Crippen LogP contribution in [0, 0.1) is 5.92 Å². The molecule has 198 valence electrons. The van der Waals surface area contributed by atoms with Gasteiger partial charge in [0.2, 0.25) is 29.5 Å². The molecule has 0 saturated carbocycles. The molecule has 36 heavy (non-hydrogen) atoms. The molecular formula is C24H36N6O6. The Bertz CT molecular complexity index is 908. The highest BCUT2D eigenvalue weighted by atomic mass is 16.2. The Morgan fingerprint density at radius 2 is 1.42 bits per heavy atom. The van der Waals surface area contributed by atoms with Crippen LogP contribution in [0.4, 0.5) is 0 Å². The molecule has 12 heteroatoms.